The number of piperidine rings is 1. The molecule has 3 aromatic rings. The third-order valence-corrected chi connectivity index (χ3v) is 8.88. The normalized spacial score (nSPS) is 16.4. The zero-order valence-electron chi connectivity index (χ0n) is 22.7. The van der Waals surface area contributed by atoms with Crippen LogP contribution in [0.15, 0.2) is 53.9 Å². The van der Waals surface area contributed by atoms with E-state index in [9.17, 15) is 27.6 Å². The average molecular weight is 584 g/mol. The summed E-state index contributed by atoms with van der Waals surface area (Å²) in [5, 5.41) is 2.73. The molecule has 0 atom stereocenters. The minimum absolute atomic E-state index is 0.0211. The molecule has 0 aliphatic carbocycles. The SMILES string of the molecule is O=C(CCCCN1CCCC1=O)c1csc(C2CCN(C(=O)c3ccccc3-c3ccc(C(F)(F)F)cc3)CC2)n1. The number of unbranched alkanes of at least 4 members (excludes halogenated alkanes) is 1. The fraction of sp³-hybridized carbons (Fsp3) is 0.419. The maximum Gasteiger partial charge on any atom is 0.416 e. The Morgan fingerprint density at radius 1 is 0.976 bits per heavy atom. The van der Waals surface area contributed by atoms with E-state index < -0.39 is 11.7 Å². The molecule has 2 aliphatic rings. The van der Waals surface area contributed by atoms with Crippen molar-refractivity contribution in [1.29, 1.82) is 0 Å². The molecule has 2 aromatic carbocycles. The van der Waals surface area contributed by atoms with Crippen LogP contribution in [0.25, 0.3) is 11.1 Å². The standard InChI is InChI=1S/C31H32F3N3O3S/c32-31(33,34)23-12-10-21(11-13-23)24-6-1-2-7-25(24)30(40)37-18-14-22(15-19-37)29-35-26(20-41-29)27(38)8-3-4-16-36-17-5-9-28(36)39/h1-2,6-7,10-13,20,22H,3-5,8-9,14-19H2. The van der Waals surface area contributed by atoms with Crippen LogP contribution in [0, 0.1) is 0 Å². The first kappa shape index (κ1) is 29.0. The monoisotopic (exact) mass is 583 g/mol. The molecule has 2 aliphatic heterocycles. The first-order chi connectivity index (χ1) is 19.7. The van der Waals surface area contributed by atoms with Crippen molar-refractivity contribution in [2.24, 2.45) is 0 Å². The lowest BCUT2D eigenvalue weighted by Crippen LogP contribution is -2.38. The van der Waals surface area contributed by atoms with E-state index in [4.69, 9.17) is 0 Å². The van der Waals surface area contributed by atoms with Crippen molar-refractivity contribution >= 4 is 28.9 Å². The van der Waals surface area contributed by atoms with Gasteiger partial charge in [-0.3, -0.25) is 14.4 Å². The van der Waals surface area contributed by atoms with Gasteiger partial charge in [-0.05, 0) is 61.4 Å². The quantitative estimate of drug-likeness (QED) is 0.205. The molecule has 1 aromatic heterocycles. The fourth-order valence-electron chi connectivity index (χ4n) is 5.52. The number of ketones is 1. The Balaban J connectivity index is 1.14. The largest absolute Gasteiger partial charge is 0.416 e. The van der Waals surface area contributed by atoms with Crippen LogP contribution in [0.4, 0.5) is 13.2 Å². The maximum absolute atomic E-state index is 13.5. The number of amides is 2. The number of Topliss-reactive ketones (excluding diaryl/α,β-unsaturated/α-hetero) is 1. The molecule has 41 heavy (non-hydrogen) atoms. The highest BCUT2D eigenvalue weighted by Gasteiger charge is 2.31. The Morgan fingerprint density at radius 3 is 2.39 bits per heavy atom. The number of likely N-dealkylation sites (tertiary alicyclic amines) is 2. The third-order valence-electron chi connectivity index (χ3n) is 7.87. The molecule has 0 N–H and O–H groups in total. The van der Waals surface area contributed by atoms with Crippen LogP contribution in [0.1, 0.15) is 82.3 Å². The first-order valence-corrected chi connectivity index (χ1v) is 14.9. The van der Waals surface area contributed by atoms with Crippen LogP contribution in [0.5, 0.6) is 0 Å². The third kappa shape index (κ3) is 6.86. The van der Waals surface area contributed by atoms with Crippen LogP contribution in [-0.2, 0) is 11.0 Å². The average Bonchev–Trinajstić information content (AvgIpc) is 3.64. The smallest absolute Gasteiger partial charge is 0.343 e. The van der Waals surface area contributed by atoms with Crippen molar-refractivity contribution in [3.05, 3.63) is 75.7 Å². The molecule has 6 nitrogen and oxygen atoms in total. The summed E-state index contributed by atoms with van der Waals surface area (Å²) in [6.45, 7) is 2.59. The van der Waals surface area contributed by atoms with Gasteiger partial charge in [0.25, 0.3) is 5.91 Å². The van der Waals surface area contributed by atoms with Gasteiger partial charge in [-0.2, -0.15) is 13.2 Å². The molecule has 5 rings (SSSR count). The number of nitrogens with zero attached hydrogens (tertiary/aromatic N) is 3. The predicted octanol–water partition coefficient (Wildman–Crippen LogP) is 6.82. The van der Waals surface area contributed by atoms with Gasteiger partial charge in [0.1, 0.15) is 5.69 Å². The summed E-state index contributed by atoms with van der Waals surface area (Å²) in [6.07, 6.45) is 0.521. The number of aromatic nitrogens is 1. The molecular weight excluding hydrogens is 551 g/mol. The highest BCUT2D eigenvalue weighted by molar-refractivity contribution is 7.09. The second kappa shape index (κ2) is 12.5. The van der Waals surface area contributed by atoms with Crippen LogP contribution < -0.4 is 0 Å². The molecule has 0 saturated carbocycles. The molecule has 10 heteroatoms. The number of benzene rings is 2. The van der Waals surface area contributed by atoms with Crippen LogP contribution >= 0.6 is 11.3 Å². The predicted molar refractivity (Wildman–Crippen MR) is 151 cm³/mol. The second-order valence-corrected chi connectivity index (χ2v) is 11.5. The van der Waals surface area contributed by atoms with E-state index in [0.29, 0.717) is 54.9 Å². The summed E-state index contributed by atoms with van der Waals surface area (Å²) in [4.78, 5) is 46.1. The number of rotatable bonds is 9. The molecule has 0 bridgehead atoms. The molecule has 0 spiro atoms. The van der Waals surface area contributed by atoms with E-state index in [1.54, 1.807) is 29.2 Å². The molecule has 2 fully saturated rings. The Kier molecular flexibility index (Phi) is 8.87. The van der Waals surface area contributed by atoms with Crippen molar-refractivity contribution in [2.45, 2.75) is 57.0 Å². The van der Waals surface area contributed by atoms with Gasteiger partial charge in [0.15, 0.2) is 5.78 Å². The molecule has 216 valence electrons. The van der Waals surface area contributed by atoms with E-state index in [0.717, 1.165) is 55.8 Å². The fourth-order valence-corrected chi connectivity index (χ4v) is 6.52. The molecule has 0 radical (unpaired) electrons. The van der Waals surface area contributed by atoms with E-state index in [-0.39, 0.29) is 23.5 Å². The summed E-state index contributed by atoms with van der Waals surface area (Å²) in [5.74, 6) is 0.242. The number of hydrogen-bond acceptors (Lipinski definition) is 5. The molecule has 3 heterocycles. The van der Waals surface area contributed by atoms with Crippen LogP contribution in [0.2, 0.25) is 0 Å². The van der Waals surface area contributed by atoms with E-state index in [1.165, 1.54) is 23.5 Å². The lowest BCUT2D eigenvalue weighted by atomic mass is 9.94. The van der Waals surface area contributed by atoms with E-state index >= 15 is 0 Å². The lowest BCUT2D eigenvalue weighted by molar-refractivity contribution is -0.137. The van der Waals surface area contributed by atoms with Crippen LogP contribution in [-0.4, -0.2) is 58.6 Å². The Morgan fingerprint density at radius 2 is 1.71 bits per heavy atom. The zero-order valence-corrected chi connectivity index (χ0v) is 23.5. The molecule has 2 amide bonds. The minimum Gasteiger partial charge on any atom is -0.343 e. The number of carbonyl (C=O) groups excluding carboxylic acids is 3. The second-order valence-electron chi connectivity index (χ2n) is 10.6. The summed E-state index contributed by atoms with van der Waals surface area (Å²) in [7, 11) is 0. The summed E-state index contributed by atoms with van der Waals surface area (Å²) in [6, 6.07) is 11.9. The Labute approximate surface area is 241 Å². The van der Waals surface area contributed by atoms with Gasteiger partial charge < -0.3 is 9.80 Å². The maximum atomic E-state index is 13.5. The Hall–Kier alpha value is -3.53. The van der Waals surface area contributed by atoms with E-state index in [2.05, 4.69) is 4.98 Å². The zero-order chi connectivity index (χ0) is 29.0. The molecular formula is C31H32F3N3O3S. The number of alkyl halides is 3. The van der Waals surface area contributed by atoms with Gasteiger partial charge in [-0.1, -0.05) is 30.3 Å². The summed E-state index contributed by atoms with van der Waals surface area (Å²) >= 11 is 1.48. The number of halogens is 3. The number of carbonyl (C=O) groups is 3. The highest BCUT2D eigenvalue weighted by atomic mass is 32.1. The lowest BCUT2D eigenvalue weighted by Gasteiger charge is -2.31. The van der Waals surface area contributed by atoms with Crippen molar-refractivity contribution < 1.29 is 27.6 Å². The topological polar surface area (TPSA) is 70.6 Å². The number of thiazole rings is 1. The van der Waals surface area contributed by atoms with Gasteiger partial charge in [-0.15, -0.1) is 11.3 Å². The van der Waals surface area contributed by atoms with Gasteiger partial charge in [0.2, 0.25) is 5.91 Å². The highest BCUT2D eigenvalue weighted by Crippen LogP contribution is 2.34. The van der Waals surface area contributed by atoms with Crippen molar-refractivity contribution in [3.63, 3.8) is 0 Å². The van der Waals surface area contributed by atoms with Crippen molar-refractivity contribution in [3.8, 4) is 11.1 Å². The number of hydrogen-bond donors (Lipinski definition) is 0. The Bertz CT molecular complexity index is 1400. The van der Waals surface area contributed by atoms with Gasteiger partial charge in [0.05, 0.1) is 10.6 Å². The minimum atomic E-state index is -4.42. The van der Waals surface area contributed by atoms with Crippen LogP contribution in [0.3, 0.4) is 0 Å². The van der Waals surface area contributed by atoms with E-state index in [1.807, 2.05) is 10.3 Å². The van der Waals surface area contributed by atoms with Gasteiger partial charge >= 0.3 is 6.18 Å². The molecule has 0 unspecified atom stereocenters. The molecule has 2 saturated heterocycles. The van der Waals surface area contributed by atoms with Crippen molar-refractivity contribution in [1.82, 2.24) is 14.8 Å². The summed E-state index contributed by atoms with van der Waals surface area (Å²) < 4.78 is 39.0. The summed E-state index contributed by atoms with van der Waals surface area (Å²) in [5.41, 5.74) is 1.38. The van der Waals surface area contributed by atoms with Crippen molar-refractivity contribution in [2.75, 3.05) is 26.2 Å². The van der Waals surface area contributed by atoms with Gasteiger partial charge in [0, 0.05) is 55.9 Å². The first-order valence-electron chi connectivity index (χ1n) is 14.0. The van der Waals surface area contributed by atoms with Gasteiger partial charge in [-0.25, -0.2) is 4.98 Å².